The number of aryl methyl sites for hydroxylation is 2. The SMILES string of the molecule is C=C(O)Cn1c(-c2cc(F)cc(F)c2)cc(Cc2ccccc2C)c1C.COOC.Cc1ccccc1. The van der Waals surface area contributed by atoms with Crippen LogP contribution >= 0.6 is 0 Å². The number of hydrogen-bond acceptors (Lipinski definition) is 3. The Bertz CT molecular complexity index is 1260. The van der Waals surface area contributed by atoms with Gasteiger partial charge in [0.15, 0.2) is 0 Å². The lowest BCUT2D eigenvalue weighted by molar-refractivity contribution is -0.248. The molecule has 0 amide bonds. The lowest BCUT2D eigenvalue weighted by Gasteiger charge is -2.12. The largest absolute Gasteiger partial charge is 0.511 e. The third kappa shape index (κ3) is 9.33. The highest BCUT2D eigenvalue weighted by Gasteiger charge is 2.16. The van der Waals surface area contributed by atoms with Crippen molar-refractivity contribution in [1.82, 2.24) is 4.57 Å². The Kier molecular flexibility index (Phi) is 11.7. The first-order chi connectivity index (χ1) is 17.7. The third-order valence-corrected chi connectivity index (χ3v) is 5.72. The third-order valence-electron chi connectivity index (χ3n) is 5.72. The van der Waals surface area contributed by atoms with Crippen LogP contribution in [0.25, 0.3) is 11.3 Å². The van der Waals surface area contributed by atoms with Crippen molar-refractivity contribution in [1.29, 1.82) is 0 Å². The van der Waals surface area contributed by atoms with E-state index >= 15 is 0 Å². The minimum absolute atomic E-state index is 0.00994. The molecule has 4 nitrogen and oxygen atoms in total. The lowest BCUT2D eigenvalue weighted by atomic mass is 10.0. The molecule has 0 saturated carbocycles. The van der Waals surface area contributed by atoms with Gasteiger partial charge in [0.2, 0.25) is 0 Å². The van der Waals surface area contributed by atoms with E-state index in [1.165, 1.54) is 43.0 Å². The van der Waals surface area contributed by atoms with E-state index in [1.54, 1.807) is 0 Å². The van der Waals surface area contributed by atoms with Crippen molar-refractivity contribution >= 4 is 0 Å². The molecular weight excluding hydrogens is 472 g/mol. The maximum atomic E-state index is 13.7. The first kappa shape index (κ1) is 29.5. The van der Waals surface area contributed by atoms with Gasteiger partial charge in [0.1, 0.15) is 17.4 Å². The van der Waals surface area contributed by atoms with Crippen LogP contribution in [0.3, 0.4) is 0 Å². The molecule has 0 unspecified atom stereocenters. The van der Waals surface area contributed by atoms with Crippen molar-refractivity contribution in [3.63, 3.8) is 0 Å². The fourth-order valence-electron chi connectivity index (χ4n) is 3.76. The average Bonchev–Trinajstić information content (AvgIpc) is 3.15. The van der Waals surface area contributed by atoms with E-state index in [4.69, 9.17) is 0 Å². The summed E-state index contributed by atoms with van der Waals surface area (Å²) in [6, 6.07) is 23.7. The number of allylic oxidation sites excluding steroid dienone is 1. The van der Waals surface area contributed by atoms with Crippen LogP contribution < -0.4 is 0 Å². The van der Waals surface area contributed by atoms with E-state index in [1.807, 2.05) is 47.9 Å². The van der Waals surface area contributed by atoms with Crippen molar-refractivity contribution in [2.75, 3.05) is 14.2 Å². The van der Waals surface area contributed by atoms with E-state index in [0.29, 0.717) is 17.7 Å². The first-order valence-electron chi connectivity index (χ1n) is 11.8. The second-order valence-electron chi connectivity index (χ2n) is 8.54. The van der Waals surface area contributed by atoms with E-state index in [9.17, 15) is 13.9 Å². The Labute approximate surface area is 218 Å². The summed E-state index contributed by atoms with van der Waals surface area (Å²) in [4.78, 5) is 8.08. The maximum Gasteiger partial charge on any atom is 0.126 e. The molecule has 1 heterocycles. The molecule has 4 rings (SSSR count). The standard InChI is InChI=1S/C22H21F2NO.C7H8.C2H6O2/c1-14-6-4-5-7-17(14)8-18-11-22(25(16(18)3)13-15(2)26)19-9-20(23)12-21(24)10-19;1-7-5-3-2-4-6-7;1-3-4-2/h4-7,9-12,26H,2,8,13H2,1,3H3;2-6H,1H3;1-2H3. The van der Waals surface area contributed by atoms with Crippen LogP contribution in [0.1, 0.15) is 27.9 Å². The number of rotatable bonds is 6. The van der Waals surface area contributed by atoms with Crippen LogP contribution in [0.5, 0.6) is 0 Å². The summed E-state index contributed by atoms with van der Waals surface area (Å²) < 4.78 is 29.2. The van der Waals surface area contributed by atoms with E-state index < -0.39 is 11.6 Å². The van der Waals surface area contributed by atoms with Crippen LogP contribution in [0.2, 0.25) is 0 Å². The number of nitrogens with zero attached hydrogens (tertiary/aromatic N) is 1. The van der Waals surface area contributed by atoms with E-state index in [2.05, 4.69) is 54.5 Å². The van der Waals surface area contributed by atoms with Crippen LogP contribution in [0.15, 0.2) is 91.2 Å². The molecule has 0 radical (unpaired) electrons. The summed E-state index contributed by atoms with van der Waals surface area (Å²) in [6.45, 7) is 9.81. The minimum atomic E-state index is -0.631. The summed E-state index contributed by atoms with van der Waals surface area (Å²) in [5.74, 6) is -1.27. The molecule has 1 N–H and O–H groups in total. The molecule has 3 aromatic carbocycles. The summed E-state index contributed by atoms with van der Waals surface area (Å²) in [5, 5.41) is 9.69. The molecule has 1 aromatic heterocycles. The fraction of sp³-hybridized carbons (Fsp3) is 0.226. The van der Waals surface area contributed by atoms with Gasteiger partial charge in [-0.2, -0.15) is 0 Å². The lowest BCUT2D eigenvalue weighted by Crippen LogP contribution is -2.05. The molecule has 196 valence electrons. The quantitative estimate of drug-likeness (QED) is 0.164. The monoisotopic (exact) mass is 507 g/mol. The number of aliphatic hydroxyl groups is 1. The predicted octanol–water partition coefficient (Wildman–Crippen LogP) is 7.90. The number of aromatic nitrogens is 1. The Morgan fingerprint density at radius 2 is 1.38 bits per heavy atom. The van der Waals surface area contributed by atoms with Crippen molar-refractivity contribution in [2.45, 2.75) is 33.7 Å². The number of halogens is 2. The van der Waals surface area contributed by atoms with Gasteiger partial charge in [-0.25, -0.2) is 18.6 Å². The molecule has 0 aliphatic heterocycles. The van der Waals surface area contributed by atoms with Gasteiger partial charge in [-0.1, -0.05) is 66.7 Å². The van der Waals surface area contributed by atoms with Crippen molar-refractivity contribution in [3.8, 4) is 11.3 Å². The van der Waals surface area contributed by atoms with Gasteiger partial charge in [0.05, 0.1) is 20.8 Å². The second-order valence-corrected chi connectivity index (χ2v) is 8.54. The molecule has 6 heteroatoms. The molecule has 0 atom stereocenters. The minimum Gasteiger partial charge on any atom is -0.511 e. The summed E-state index contributed by atoms with van der Waals surface area (Å²) in [7, 11) is 2.92. The predicted molar refractivity (Wildman–Crippen MR) is 145 cm³/mol. The van der Waals surface area contributed by atoms with Crippen molar-refractivity contribution in [2.24, 2.45) is 0 Å². The van der Waals surface area contributed by atoms with Gasteiger partial charge in [-0.3, -0.25) is 0 Å². The number of aliphatic hydroxyl groups excluding tert-OH is 1. The van der Waals surface area contributed by atoms with Crippen LogP contribution in [-0.2, 0) is 22.7 Å². The summed E-state index contributed by atoms with van der Waals surface area (Å²) in [6.07, 6.45) is 0.703. The Morgan fingerprint density at radius 1 is 0.811 bits per heavy atom. The molecule has 0 aliphatic carbocycles. The van der Waals surface area contributed by atoms with Gasteiger partial charge in [-0.15, -0.1) is 0 Å². The normalized spacial score (nSPS) is 10.1. The molecular formula is C31H35F2NO3. The van der Waals surface area contributed by atoms with Gasteiger partial charge in [-0.05, 0) is 62.1 Å². The fourth-order valence-corrected chi connectivity index (χ4v) is 3.76. The highest BCUT2D eigenvalue weighted by atomic mass is 19.1. The highest BCUT2D eigenvalue weighted by molar-refractivity contribution is 5.63. The zero-order valence-corrected chi connectivity index (χ0v) is 22.1. The Balaban J connectivity index is 0.000000363. The Morgan fingerprint density at radius 3 is 1.86 bits per heavy atom. The number of hydrogen-bond donors (Lipinski definition) is 1. The van der Waals surface area contributed by atoms with Crippen LogP contribution in [-0.4, -0.2) is 23.9 Å². The molecule has 0 saturated heterocycles. The number of benzene rings is 3. The van der Waals surface area contributed by atoms with E-state index in [0.717, 1.165) is 17.3 Å². The van der Waals surface area contributed by atoms with Gasteiger partial charge < -0.3 is 9.67 Å². The molecule has 4 aromatic rings. The Hall–Kier alpha value is -3.74. The zero-order chi connectivity index (χ0) is 27.4. The highest BCUT2D eigenvalue weighted by Crippen LogP contribution is 2.29. The maximum absolute atomic E-state index is 13.7. The van der Waals surface area contributed by atoms with Gasteiger partial charge in [0.25, 0.3) is 0 Å². The van der Waals surface area contributed by atoms with Crippen molar-refractivity contribution < 1.29 is 23.7 Å². The first-order valence-corrected chi connectivity index (χ1v) is 11.8. The van der Waals surface area contributed by atoms with Crippen molar-refractivity contribution in [3.05, 3.63) is 131 Å². The molecule has 0 bridgehead atoms. The zero-order valence-electron chi connectivity index (χ0n) is 22.1. The average molecular weight is 508 g/mol. The smallest absolute Gasteiger partial charge is 0.126 e. The van der Waals surface area contributed by atoms with E-state index in [-0.39, 0.29) is 12.3 Å². The molecule has 0 fully saturated rings. The van der Waals surface area contributed by atoms with Gasteiger partial charge in [0, 0.05) is 23.0 Å². The molecule has 0 spiro atoms. The van der Waals surface area contributed by atoms with Crippen LogP contribution in [0, 0.1) is 32.4 Å². The topological polar surface area (TPSA) is 43.6 Å². The molecule has 0 aliphatic rings. The molecule has 37 heavy (non-hydrogen) atoms. The van der Waals surface area contributed by atoms with Gasteiger partial charge >= 0.3 is 0 Å². The second kappa shape index (κ2) is 14.7. The van der Waals surface area contributed by atoms with Crippen LogP contribution in [0.4, 0.5) is 8.78 Å². The summed E-state index contributed by atoms with van der Waals surface area (Å²) in [5.41, 5.74) is 6.76. The summed E-state index contributed by atoms with van der Waals surface area (Å²) >= 11 is 0.